The van der Waals surface area contributed by atoms with Gasteiger partial charge >= 0.3 is 6.18 Å². The van der Waals surface area contributed by atoms with Crippen molar-refractivity contribution in [3.63, 3.8) is 0 Å². The Kier molecular flexibility index (Phi) is 5.06. The highest BCUT2D eigenvalue weighted by atomic mass is 19.4. The van der Waals surface area contributed by atoms with Crippen molar-refractivity contribution in [1.29, 1.82) is 0 Å². The van der Waals surface area contributed by atoms with Gasteiger partial charge in [-0.3, -0.25) is 4.98 Å². The lowest BCUT2D eigenvalue weighted by molar-refractivity contribution is -0.141. The second kappa shape index (κ2) is 7.42. The molecule has 0 saturated carbocycles. The number of nitrogens with zero attached hydrogens (tertiary/aromatic N) is 5. The van der Waals surface area contributed by atoms with Crippen LogP contribution in [0, 0.1) is 6.92 Å². The summed E-state index contributed by atoms with van der Waals surface area (Å²) < 4.78 is 38.4. The van der Waals surface area contributed by atoms with Crippen molar-refractivity contribution >= 4 is 5.95 Å². The van der Waals surface area contributed by atoms with E-state index in [1.807, 2.05) is 12.1 Å². The molecule has 0 fully saturated rings. The summed E-state index contributed by atoms with van der Waals surface area (Å²) in [5.74, 6) is 0.498. The average molecular weight is 360 g/mol. The van der Waals surface area contributed by atoms with Gasteiger partial charge in [0.25, 0.3) is 0 Å². The van der Waals surface area contributed by atoms with Crippen molar-refractivity contribution < 1.29 is 13.2 Å². The lowest BCUT2D eigenvalue weighted by Crippen LogP contribution is -2.15. The van der Waals surface area contributed by atoms with Crippen LogP contribution in [0.5, 0.6) is 0 Å². The molecule has 0 aliphatic heterocycles. The summed E-state index contributed by atoms with van der Waals surface area (Å²) >= 11 is 0. The minimum atomic E-state index is -4.49. The van der Waals surface area contributed by atoms with E-state index in [0.29, 0.717) is 12.5 Å². The summed E-state index contributed by atoms with van der Waals surface area (Å²) in [4.78, 5) is 20.1. The number of nitrogens with one attached hydrogen (secondary N) is 1. The van der Waals surface area contributed by atoms with E-state index in [4.69, 9.17) is 0 Å². The maximum atomic E-state index is 12.8. The number of aryl methyl sites for hydroxylation is 1. The van der Waals surface area contributed by atoms with Gasteiger partial charge in [-0.2, -0.15) is 13.2 Å². The minimum absolute atomic E-state index is 0.120. The van der Waals surface area contributed by atoms with Crippen molar-refractivity contribution in [3.8, 4) is 11.3 Å². The van der Waals surface area contributed by atoms with Crippen molar-refractivity contribution in [2.24, 2.45) is 0 Å². The van der Waals surface area contributed by atoms with Crippen LogP contribution < -0.4 is 5.32 Å². The molecule has 0 spiro atoms. The summed E-state index contributed by atoms with van der Waals surface area (Å²) in [5.41, 5.74) is 0.951. The molecule has 3 rings (SSSR count). The molecule has 3 heterocycles. The van der Waals surface area contributed by atoms with E-state index in [1.54, 1.807) is 24.7 Å². The first-order valence-corrected chi connectivity index (χ1v) is 7.81. The van der Waals surface area contributed by atoms with Gasteiger partial charge in [0.15, 0.2) is 0 Å². The zero-order valence-electron chi connectivity index (χ0n) is 13.8. The van der Waals surface area contributed by atoms with Gasteiger partial charge in [-0.25, -0.2) is 19.9 Å². The predicted octanol–water partition coefficient (Wildman–Crippen LogP) is 3.31. The number of hydrogen-bond acceptors (Lipinski definition) is 6. The zero-order chi connectivity index (χ0) is 18.6. The van der Waals surface area contributed by atoms with E-state index >= 15 is 0 Å². The Balaban J connectivity index is 1.67. The highest BCUT2D eigenvalue weighted by Crippen LogP contribution is 2.27. The maximum absolute atomic E-state index is 12.8. The van der Waals surface area contributed by atoms with Crippen LogP contribution in [0.15, 0.2) is 42.9 Å². The Bertz CT molecular complexity index is 883. The molecule has 0 bridgehead atoms. The van der Waals surface area contributed by atoms with Gasteiger partial charge in [0.1, 0.15) is 11.5 Å². The van der Waals surface area contributed by atoms with Gasteiger partial charge in [-0.15, -0.1) is 0 Å². The minimum Gasteiger partial charge on any atom is -0.354 e. The molecule has 0 amide bonds. The molecule has 9 heteroatoms. The Labute approximate surface area is 147 Å². The summed E-state index contributed by atoms with van der Waals surface area (Å²) in [6.45, 7) is 1.82. The Morgan fingerprint density at radius 3 is 2.50 bits per heavy atom. The number of hydrogen-bond donors (Lipinski definition) is 1. The van der Waals surface area contributed by atoms with Crippen LogP contribution in [0.1, 0.15) is 17.2 Å². The molecule has 0 saturated heterocycles. The third-order valence-electron chi connectivity index (χ3n) is 3.45. The van der Waals surface area contributed by atoms with Gasteiger partial charge in [-0.1, -0.05) is 0 Å². The molecule has 3 aromatic heterocycles. The fourth-order valence-electron chi connectivity index (χ4n) is 2.30. The van der Waals surface area contributed by atoms with Crippen LogP contribution in [0.4, 0.5) is 19.1 Å². The third-order valence-corrected chi connectivity index (χ3v) is 3.45. The topological polar surface area (TPSA) is 76.5 Å². The van der Waals surface area contributed by atoms with Crippen molar-refractivity contribution in [2.75, 3.05) is 11.9 Å². The molecular formula is C17H15F3N6. The normalized spacial score (nSPS) is 11.4. The first kappa shape index (κ1) is 17.7. The quantitative estimate of drug-likeness (QED) is 0.752. The Morgan fingerprint density at radius 2 is 1.77 bits per heavy atom. The number of aromatic nitrogens is 5. The van der Waals surface area contributed by atoms with Gasteiger partial charge in [0.05, 0.1) is 5.69 Å². The highest BCUT2D eigenvalue weighted by molar-refractivity contribution is 5.58. The van der Waals surface area contributed by atoms with E-state index in [2.05, 4.69) is 30.2 Å². The van der Waals surface area contributed by atoms with Crippen LogP contribution in [-0.2, 0) is 12.6 Å². The molecule has 0 aliphatic carbocycles. The molecule has 1 N–H and O–H groups in total. The van der Waals surface area contributed by atoms with Crippen molar-refractivity contribution in [3.05, 3.63) is 60.1 Å². The van der Waals surface area contributed by atoms with Crippen molar-refractivity contribution in [1.82, 2.24) is 24.9 Å². The largest absolute Gasteiger partial charge is 0.433 e. The molecule has 0 atom stereocenters. The number of alkyl halides is 3. The summed E-state index contributed by atoms with van der Waals surface area (Å²) in [6.07, 6.45) is 0.664. The molecule has 0 radical (unpaired) electrons. The fraction of sp³-hybridized carbons (Fsp3) is 0.235. The lowest BCUT2D eigenvalue weighted by atomic mass is 10.2. The molecule has 0 unspecified atom stereocenters. The Hall–Kier alpha value is -3.10. The van der Waals surface area contributed by atoms with E-state index in [9.17, 15) is 13.2 Å². The first-order valence-electron chi connectivity index (χ1n) is 7.81. The number of halogens is 3. The van der Waals surface area contributed by atoms with Crippen LogP contribution in [-0.4, -0.2) is 31.5 Å². The molecule has 0 aliphatic rings. The van der Waals surface area contributed by atoms with Crippen LogP contribution >= 0.6 is 0 Å². The predicted molar refractivity (Wildman–Crippen MR) is 89.2 cm³/mol. The smallest absolute Gasteiger partial charge is 0.354 e. The standard InChI is InChI=1S/C17H15F3N6/c1-11-10-14(17(18,19)20)26-15(24-11)5-9-23-16-22-8-4-13(25-16)12-2-6-21-7-3-12/h2-4,6-8,10H,5,9H2,1H3,(H,22,23,25). The maximum Gasteiger partial charge on any atom is 0.433 e. The molecule has 134 valence electrons. The van der Waals surface area contributed by atoms with Gasteiger partial charge in [0.2, 0.25) is 5.95 Å². The van der Waals surface area contributed by atoms with Gasteiger partial charge in [-0.05, 0) is 31.2 Å². The SMILES string of the molecule is Cc1cc(C(F)(F)F)nc(CCNc2nccc(-c3ccncc3)n2)n1. The zero-order valence-corrected chi connectivity index (χ0v) is 13.8. The number of pyridine rings is 1. The Morgan fingerprint density at radius 1 is 1.00 bits per heavy atom. The van der Waals surface area contributed by atoms with Crippen LogP contribution in [0.25, 0.3) is 11.3 Å². The van der Waals surface area contributed by atoms with Crippen molar-refractivity contribution in [2.45, 2.75) is 19.5 Å². The van der Waals surface area contributed by atoms with E-state index in [-0.39, 0.29) is 17.9 Å². The van der Waals surface area contributed by atoms with Crippen LogP contribution in [0.3, 0.4) is 0 Å². The molecule has 26 heavy (non-hydrogen) atoms. The van der Waals surface area contributed by atoms with Gasteiger partial charge < -0.3 is 5.32 Å². The number of rotatable bonds is 5. The molecule has 6 nitrogen and oxygen atoms in total. The molecular weight excluding hydrogens is 345 g/mol. The second-order valence-corrected chi connectivity index (χ2v) is 5.49. The molecule has 0 aromatic carbocycles. The first-order chi connectivity index (χ1) is 12.4. The summed E-state index contributed by atoms with van der Waals surface area (Å²) in [7, 11) is 0. The van der Waals surface area contributed by atoms with E-state index in [1.165, 1.54) is 6.92 Å². The second-order valence-electron chi connectivity index (χ2n) is 5.49. The van der Waals surface area contributed by atoms with E-state index < -0.39 is 11.9 Å². The monoisotopic (exact) mass is 360 g/mol. The summed E-state index contributed by atoms with van der Waals surface area (Å²) in [6, 6.07) is 6.34. The summed E-state index contributed by atoms with van der Waals surface area (Å²) in [5, 5.41) is 2.98. The van der Waals surface area contributed by atoms with Gasteiger partial charge in [0, 0.05) is 42.8 Å². The van der Waals surface area contributed by atoms with E-state index in [0.717, 1.165) is 17.3 Å². The lowest BCUT2D eigenvalue weighted by Gasteiger charge is -2.09. The number of anilines is 1. The average Bonchev–Trinajstić information content (AvgIpc) is 2.62. The van der Waals surface area contributed by atoms with Crippen LogP contribution in [0.2, 0.25) is 0 Å². The fourth-order valence-corrected chi connectivity index (χ4v) is 2.30. The molecule has 3 aromatic rings. The third kappa shape index (κ3) is 4.50. The highest BCUT2D eigenvalue weighted by Gasteiger charge is 2.33.